The average Bonchev–Trinajstić information content (AvgIpc) is 2.53. The molecule has 2 rings (SSSR count). The van der Waals surface area contributed by atoms with E-state index in [1.54, 1.807) is 23.3 Å². The van der Waals surface area contributed by atoms with Crippen LogP contribution in [0.25, 0.3) is 5.82 Å². The van der Waals surface area contributed by atoms with Crippen molar-refractivity contribution >= 4 is 11.6 Å². The van der Waals surface area contributed by atoms with Gasteiger partial charge < -0.3 is 0 Å². The number of nitrogens with zero attached hydrogens (tertiary/aromatic N) is 4. The summed E-state index contributed by atoms with van der Waals surface area (Å²) in [6.45, 7) is 1.90. The van der Waals surface area contributed by atoms with Crippen LogP contribution in [0.5, 0.6) is 0 Å². The second-order valence-corrected chi connectivity index (χ2v) is 2.93. The van der Waals surface area contributed by atoms with Crippen LogP contribution in [0.3, 0.4) is 0 Å². The molecule has 0 aromatic carbocycles. The molecule has 13 heavy (non-hydrogen) atoms. The highest BCUT2D eigenvalue weighted by Crippen LogP contribution is 2.12. The maximum atomic E-state index is 5.83. The fraction of sp³-hybridized carbons (Fsp3) is 0.125. The third-order valence-electron chi connectivity index (χ3n) is 1.58. The molecule has 0 aliphatic rings. The van der Waals surface area contributed by atoms with Crippen molar-refractivity contribution in [2.24, 2.45) is 0 Å². The van der Waals surface area contributed by atoms with Crippen molar-refractivity contribution in [3.05, 3.63) is 35.5 Å². The highest BCUT2D eigenvalue weighted by molar-refractivity contribution is 6.30. The van der Waals surface area contributed by atoms with Crippen LogP contribution in [0.4, 0.5) is 0 Å². The van der Waals surface area contributed by atoms with Crippen LogP contribution in [0.1, 0.15) is 5.69 Å². The largest absolute Gasteiger partial charge is 0.239 e. The van der Waals surface area contributed by atoms with E-state index < -0.39 is 0 Å². The Labute approximate surface area is 80.2 Å². The number of halogens is 1. The molecule has 0 aliphatic carbocycles. The first kappa shape index (κ1) is 8.19. The van der Waals surface area contributed by atoms with Gasteiger partial charge in [0.2, 0.25) is 0 Å². The molecular formula is C8H7ClN4. The van der Waals surface area contributed by atoms with Crippen LogP contribution in [0.15, 0.2) is 24.7 Å². The van der Waals surface area contributed by atoms with Gasteiger partial charge in [-0.2, -0.15) is 5.10 Å². The summed E-state index contributed by atoms with van der Waals surface area (Å²) in [5.41, 5.74) is 0.918. The van der Waals surface area contributed by atoms with Gasteiger partial charge in [-0.1, -0.05) is 11.6 Å². The molecule has 0 fully saturated rings. The minimum atomic E-state index is 0.352. The Morgan fingerprint density at radius 3 is 2.69 bits per heavy atom. The Kier molecular flexibility index (Phi) is 1.98. The topological polar surface area (TPSA) is 43.6 Å². The Balaban J connectivity index is 2.52. The average molecular weight is 195 g/mol. The van der Waals surface area contributed by atoms with E-state index in [-0.39, 0.29) is 0 Å². The van der Waals surface area contributed by atoms with Crippen LogP contribution < -0.4 is 0 Å². The van der Waals surface area contributed by atoms with Crippen molar-refractivity contribution < 1.29 is 0 Å². The quantitative estimate of drug-likeness (QED) is 0.693. The maximum Gasteiger partial charge on any atom is 0.191 e. The number of aromatic nitrogens is 4. The summed E-state index contributed by atoms with van der Waals surface area (Å²) in [6.07, 6.45) is 4.92. The Bertz CT molecular complexity index is 424. The summed E-state index contributed by atoms with van der Waals surface area (Å²) in [6, 6.07) is 1.88. The lowest BCUT2D eigenvalue weighted by molar-refractivity contribution is 0.824. The van der Waals surface area contributed by atoms with Crippen LogP contribution in [0.2, 0.25) is 5.15 Å². The second kappa shape index (κ2) is 3.14. The first-order valence-electron chi connectivity index (χ1n) is 3.76. The number of aryl methyl sites for hydroxylation is 1. The summed E-state index contributed by atoms with van der Waals surface area (Å²) in [4.78, 5) is 7.97. The Morgan fingerprint density at radius 1 is 1.31 bits per heavy atom. The van der Waals surface area contributed by atoms with Gasteiger partial charge in [0.1, 0.15) is 0 Å². The fourth-order valence-electron chi connectivity index (χ4n) is 1.00. The zero-order chi connectivity index (χ0) is 9.26. The van der Waals surface area contributed by atoms with Crippen LogP contribution >= 0.6 is 11.6 Å². The summed E-state index contributed by atoms with van der Waals surface area (Å²) in [5, 5.41) is 4.52. The predicted molar refractivity (Wildman–Crippen MR) is 48.9 cm³/mol. The van der Waals surface area contributed by atoms with E-state index in [0.29, 0.717) is 11.0 Å². The van der Waals surface area contributed by atoms with Gasteiger partial charge in [0, 0.05) is 18.6 Å². The first-order valence-corrected chi connectivity index (χ1v) is 4.14. The summed E-state index contributed by atoms with van der Waals surface area (Å²) in [7, 11) is 0. The van der Waals surface area contributed by atoms with Crippen molar-refractivity contribution in [3.63, 3.8) is 0 Å². The molecule has 4 nitrogen and oxygen atoms in total. The second-order valence-electron chi connectivity index (χ2n) is 2.57. The van der Waals surface area contributed by atoms with Crippen molar-refractivity contribution in [1.82, 2.24) is 19.7 Å². The van der Waals surface area contributed by atoms with E-state index in [1.807, 2.05) is 13.0 Å². The van der Waals surface area contributed by atoms with E-state index in [2.05, 4.69) is 15.1 Å². The molecule has 2 heterocycles. The molecule has 66 valence electrons. The van der Waals surface area contributed by atoms with E-state index in [9.17, 15) is 0 Å². The molecule has 2 aromatic heterocycles. The smallest absolute Gasteiger partial charge is 0.191 e. The zero-order valence-electron chi connectivity index (χ0n) is 6.98. The molecule has 0 N–H and O–H groups in total. The highest BCUT2D eigenvalue weighted by atomic mass is 35.5. The van der Waals surface area contributed by atoms with Crippen molar-refractivity contribution in [2.45, 2.75) is 6.92 Å². The van der Waals surface area contributed by atoms with Crippen molar-refractivity contribution in [1.29, 1.82) is 0 Å². The van der Waals surface area contributed by atoms with E-state index >= 15 is 0 Å². The van der Waals surface area contributed by atoms with Gasteiger partial charge in [0.25, 0.3) is 0 Å². The summed E-state index contributed by atoms with van der Waals surface area (Å²) in [5.74, 6) is 0.553. The zero-order valence-corrected chi connectivity index (χ0v) is 7.73. The molecule has 0 amide bonds. The molecule has 0 aliphatic heterocycles. The lowest BCUT2D eigenvalue weighted by Crippen LogP contribution is -2.00. The van der Waals surface area contributed by atoms with Gasteiger partial charge in [-0.05, 0) is 13.0 Å². The predicted octanol–water partition coefficient (Wildman–Crippen LogP) is 1.62. The Hall–Kier alpha value is -1.42. The van der Waals surface area contributed by atoms with Gasteiger partial charge in [-0.15, -0.1) is 0 Å². The van der Waals surface area contributed by atoms with Gasteiger partial charge in [0.15, 0.2) is 11.0 Å². The van der Waals surface area contributed by atoms with Gasteiger partial charge >= 0.3 is 0 Å². The third-order valence-corrected chi connectivity index (χ3v) is 1.84. The normalized spacial score (nSPS) is 10.3. The monoisotopic (exact) mass is 194 g/mol. The van der Waals surface area contributed by atoms with Gasteiger partial charge in [-0.3, -0.25) is 0 Å². The molecule has 2 aromatic rings. The molecular weight excluding hydrogens is 188 g/mol. The van der Waals surface area contributed by atoms with Crippen molar-refractivity contribution in [3.8, 4) is 5.82 Å². The maximum absolute atomic E-state index is 5.83. The van der Waals surface area contributed by atoms with E-state index in [1.165, 1.54) is 0 Å². The lowest BCUT2D eigenvalue weighted by Gasteiger charge is -1.99. The number of hydrogen-bond acceptors (Lipinski definition) is 3. The number of hydrogen-bond donors (Lipinski definition) is 0. The van der Waals surface area contributed by atoms with Crippen LogP contribution in [-0.4, -0.2) is 19.7 Å². The SMILES string of the molecule is Cc1ccn(-c2nccnc2Cl)n1. The molecule has 0 unspecified atom stereocenters. The van der Waals surface area contributed by atoms with Crippen LogP contribution in [0, 0.1) is 6.92 Å². The molecule has 0 bridgehead atoms. The molecule has 5 heteroatoms. The Morgan fingerprint density at radius 2 is 2.08 bits per heavy atom. The fourth-order valence-corrected chi connectivity index (χ4v) is 1.19. The first-order chi connectivity index (χ1) is 6.27. The van der Waals surface area contributed by atoms with Crippen LogP contribution in [-0.2, 0) is 0 Å². The van der Waals surface area contributed by atoms with Gasteiger partial charge in [0.05, 0.1) is 5.69 Å². The van der Waals surface area contributed by atoms with E-state index in [0.717, 1.165) is 5.69 Å². The number of rotatable bonds is 1. The minimum absolute atomic E-state index is 0.352. The molecule has 0 saturated carbocycles. The lowest BCUT2D eigenvalue weighted by atomic mass is 10.5. The summed E-state index contributed by atoms with van der Waals surface area (Å²) >= 11 is 5.83. The highest BCUT2D eigenvalue weighted by Gasteiger charge is 2.04. The third kappa shape index (κ3) is 1.53. The van der Waals surface area contributed by atoms with E-state index in [4.69, 9.17) is 11.6 Å². The van der Waals surface area contributed by atoms with Crippen molar-refractivity contribution in [2.75, 3.05) is 0 Å². The molecule has 0 atom stereocenters. The molecule has 0 saturated heterocycles. The molecule has 0 radical (unpaired) electrons. The standard InChI is InChI=1S/C8H7ClN4/c1-6-2-5-13(12-6)8-7(9)10-3-4-11-8/h2-5H,1H3. The minimum Gasteiger partial charge on any atom is -0.239 e. The van der Waals surface area contributed by atoms with Gasteiger partial charge in [-0.25, -0.2) is 14.6 Å². The summed E-state index contributed by atoms with van der Waals surface area (Å²) < 4.78 is 1.60. The molecule has 0 spiro atoms.